The molecule has 10 heteroatoms. The van der Waals surface area contributed by atoms with E-state index in [-0.39, 0.29) is 35.2 Å². The van der Waals surface area contributed by atoms with Gasteiger partial charge in [0.1, 0.15) is 5.69 Å². The summed E-state index contributed by atoms with van der Waals surface area (Å²) in [5, 5.41) is 4.25. The zero-order chi connectivity index (χ0) is 21.4. The Hall–Kier alpha value is -2.44. The Morgan fingerprint density at radius 2 is 2.21 bits per heavy atom. The van der Waals surface area contributed by atoms with Crippen LogP contribution in [0.5, 0.6) is 0 Å². The van der Waals surface area contributed by atoms with E-state index in [1.54, 1.807) is 30.7 Å². The molecular weight excluding hydrogens is 425 g/mol. The number of hydrogen-bond acceptors (Lipinski definition) is 4. The number of aromatic nitrogens is 3. The number of halogens is 4. The predicted molar refractivity (Wildman–Crippen MR) is 109 cm³/mol. The predicted octanol–water partition coefficient (Wildman–Crippen LogP) is 4.52. The molecule has 0 spiro atoms. The van der Waals surface area contributed by atoms with Gasteiger partial charge in [-0.3, -0.25) is 14.7 Å². The molecule has 0 aromatic carbocycles. The quantitative estimate of drug-likeness (QED) is 0.325. The Morgan fingerprint density at radius 1 is 1.45 bits per heavy atom. The van der Waals surface area contributed by atoms with Gasteiger partial charge in [-0.1, -0.05) is 24.1 Å². The molecule has 0 radical (unpaired) electrons. The molecular formula is C19H18ClF3N4OS. The molecule has 2 aromatic rings. The van der Waals surface area contributed by atoms with E-state index >= 15 is 0 Å². The summed E-state index contributed by atoms with van der Waals surface area (Å²) >= 11 is 7.41. The van der Waals surface area contributed by atoms with Crippen LogP contribution in [-0.4, -0.2) is 44.9 Å². The van der Waals surface area contributed by atoms with Gasteiger partial charge in [-0.15, -0.1) is 6.42 Å². The molecule has 2 rings (SSSR count). The summed E-state index contributed by atoms with van der Waals surface area (Å²) in [5.41, 5.74) is 1.16. The number of amides is 1. The number of carbonyl (C=O) groups excluding carboxylic acids is 1. The van der Waals surface area contributed by atoms with Gasteiger partial charge in [0.15, 0.2) is 5.15 Å². The summed E-state index contributed by atoms with van der Waals surface area (Å²) in [6, 6.07) is 3.50. The molecule has 2 aromatic heterocycles. The highest BCUT2D eigenvalue weighted by atomic mass is 35.5. The van der Waals surface area contributed by atoms with E-state index in [1.807, 2.05) is 0 Å². The van der Waals surface area contributed by atoms with Gasteiger partial charge in [-0.25, -0.2) is 4.68 Å². The van der Waals surface area contributed by atoms with Gasteiger partial charge in [0.05, 0.1) is 24.6 Å². The average molecular weight is 443 g/mol. The molecule has 0 unspecified atom stereocenters. The van der Waals surface area contributed by atoms with Crippen LogP contribution in [0.3, 0.4) is 0 Å². The number of terminal acetylenes is 1. The van der Waals surface area contributed by atoms with Crippen molar-refractivity contribution < 1.29 is 18.0 Å². The van der Waals surface area contributed by atoms with Gasteiger partial charge in [0.25, 0.3) is 5.91 Å². The highest BCUT2D eigenvalue weighted by Gasteiger charge is 2.26. The number of nitrogens with zero attached hydrogens (tertiary/aromatic N) is 4. The summed E-state index contributed by atoms with van der Waals surface area (Å²) in [7, 11) is 0. The van der Waals surface area contributed by atoms with Crippen molar-refractivity contribution in [2.75, 3.05) is 23.0 Å². The summed E-state index contributed by atoms with van der Waals surface area (Å²) in [6.07, 6.45) is 5.08. The molecule has 0 saturated carbocycles. The second-order valence-corrected chi connectivity index (χ2v) is 7.39. The molecule has 154 valence electrons. The number of pyridine rings is 1. The molecule has 2 heterocycles. The molecule has 0 N–H and O–H groups in total. The molecule has 0 bridgehead atoms. The first-order chi connectivity index (χ1) is 13.7. The van der Waals surface area contributed by atoms with Crippen molar-refractivity contribution >= 4 is 35.0 Å². The normalized spacial score (nSPS) is 11.1. The third kappa shape index (κ3) is 6.84. The van der Waals surface area contributed by atoms with Crippen LogP contribution in [0.15, 0.2) is 42.9 Å². The Balaban J connectivity index is 2.05. The van der Waals surface area contributed by atoms with Crippen molar-refractivity contribution in [1.82, 2.24) is 14.8 Å². The molecule has 5 nitrogen and oxygen atoms in total. The zero-order valence-electron chi connectivity index (χ0n) is 15.3. The molecule has 0 aliphatic rings. The zero-order valence-corrected chi connectivity index (χ0v) is 16.9. The van der Waals surface area contributed by atoms with Crippen molar-refractivity contribution in [3.05, 3.63) is 48.0 Å². The second-order valence-electron chi connectivity index (χ2n) is 5.93. The fraction of sp³-hybridized carbons (Fsp3) is 0.316. The summed E-state index contributed by atoms with van der Waals surface area (Å²) in [5.74, 6) is 2.39. The van der Waals surface area contributed by atoms with E-state index in [2.05, 4.69) is 22.6 Å². The molecule has 0 aliphatic heterocycles. The smallest absolute Gasteiger partial charge is 0.293 e. The summed E-state index contributed by atoms with van der Waals surface area (Å²) < 4.78 is 38.0. The Morgan fingerprint density at radius 3 is 2.83 bits per heavy atom. The lowest BCUT2D eigenvalue weighted by atomic mass is 10.2. The Labute approximate surface area is 175 Å². The second kappa shape index (κ2) is 10.4. The van der Waals surface area contributed by atoms with Crippen LogP contribution in [-0.2, 0) is 4.79 Å². The van der Waals surface area contributed by atoms with Crippen molar-refractivity contribution in [2.45, 2.75) is 19.0 Å². The number of alkyl halides is 3. The third-order valence-electron chi connectivity index (χ3n) is 3.67. The van der Waals surface area contributed by atoms with E-state index in [9.17, 15) is 18.0 Å². The van der Waals surface area contributed by atoms with E-state index in [0.29, 0.717) is 11.4 Å². The number of thioether (sulfide) groups is 1. The van der Waals surface area contributed by atoms with Crippen LogP contribution >= 0.6 is 23.4 Å². The Bertz CT molecular complexity index is 893. The number of anilines is 1. The molecule has 0 aliphatic carbocycles. The largest absolute Gasteiger partial charge is 0.389 e. The minimum Gasteiger partial charge on any atom is -0.293 e. The van der Waals surface area contributed by atoms with Crippen LogP contribution in [0, 0.1) is 12.3 Å². The van der Waals surface area contributed by atoms with Gasteiger partial charge in [-0.05, 0) is 24.3 Å². The molecule has 0 atom stereocenters. The van der Waals surface area contributed by atoms with Crippen molar-refractivity contribution in [1.29, 1.82) is 0 Å². The van der Waals surface area contributed by atoms with Crippen LogP contribution < -0.4 is 4.90 Å². The standard InChI is InChI=1S/C19H18ClF3N4OS/c1-3-9-26(18(28)14(2)13-29-10-5-7-19(21,22)23)16-12-27(25-17(16)20)15-6-4-8-24-11-15/h1,4,6,8,11-12H,2,5,7,9-10,13H2. The molecule has 0 fully saturated rings. The van der Waals surface area contributed by atoms with Crippen molar-refractivity contribution in [3.63, 3.8) is 0 Å². The van der Waals surface area contributed by atoms with Gasteiger partial charge in [0, 0.05) is 23.9 Å². The number of hydrogen-bond donors (Lipinski definition) is 0. The lowest BCUT2D eigenvalue weighted by molar-refractivity contribution is -0.134. The lowest BCUT2D eigenvalue weighted by Crippen LogP contribution is -2.33. The van der Waals surface area contributed by atoms with E-state index in [1.165, 1.54) is 21.3 Å². The maximum Gasteiger partial charge on any atom is 0.389 e. The lowest BCUT2D eigenvalue weighted by Gasteiger charge is -2.20. The fourth-order valence-corrected chi connectivity index (χ4v) is 3.42. The number of rotatable bonds is 9. The van der Waals surface area contributed by atoms with Gasteiger partial charge in [0.2, 0.25) is 0 Å². The maximum atomic E-state index is 12.8. The van der Waals surface area contributed by atoms with Crippen LogP contribution in [0.4, 0.5) is 18.9 Å². The monoisotopic (exact) mass is 442 g/mol. The van der Waals surface area contributed by atoms with E-state index in [4.69, 9.17) is 18.0 Å². The van der Waals surface area contributed by atoms with Crippen molar-refractivity contribution in [3.8, 4) is 18.0 Å². The SMILES string of the molecule is C#CCN(C(=O)C(=C)CSCCCC(F)(F)F)c1cn(-c2cccnc2)nc1Cl. The van der Waals surface area contributed by atoms with Gasteiger partial charge in [-0.2, -0.15) is 30.0 Å². The third-order valence-corrected chi connectivity index (χ3v) is 5.07. The van der Waals surface area contributed by atoms with Crippen molar-refractivity contribution in [2.24, 2.45) is 0 Å². The maximum absolute atomic E-state index is 12.8. The highest BCUT2D eigenvalue weighted by molar-refractivity contribution is 7.99. The molecule has 0 saturated heterocycles. The van der Waals surface area contributed by atoms with Gasteiger partial charge >= 0.3 is 6.18 Å². The Kier molecular flexibility index (Phi) is 8.17. The fourth-order valence-electron chi connectivity index (χ4n) is 2.33. The first-order valence-corrected chi connectivity index (χ1v) is 9.99. The highest BCUT2D eigenvalue weighted by Crippen LogP contribution is 2.28. The summed E-state index contributed by atoms with van der Waals surface area (Å²) in [6.45, 7) is 3.68. The first kappa shape index (κ1) is 22.8. The minimum absolute atomic E-state index is 0.0204. The average Bonchev–Trinajstić information content (AvgIpc) is 3.06. The van der Waals surface area contributed by atoms with Crippen LogP contribution in [0.1, 0.15) is 12.8 Å². The van der Waals surface area contributed by atoms with E-state index in [0.717, 1.165) is 0 Å². The van der Waals surface area contributed by atoms with E-state index < -0.39 is 18.5 Å². The molecule has 29 heavy (non-hydrogen) atoms. The van der Waals surface area contributed by atoms with Gasteiger partial charge < -0.3 is 0 Å². The summed E-state index contributed by atoms with van der Waals surface area (Å²) in [4.78, 5) is 18.1. The minimum atomic E-state index is -4.18. The van der Waals surface area contributed by atoms with Crippen LogP contribution in [0.2, 0.25) is 5.15 Å². The number of carbonyl (C=O) groups is 1. The van der Waals surface area contributed by atoms with Crippen LogP contribution in [0.25, 0.3) is 5.69 Å². The topological polar surface area (TPSA) is 51.0 Å². The first-order valence-electron chi connectivity index (χ1n) is 8.46. The molecule has 1 amide bonds.